The summed E-state index contributed by atoms with van der Waals surface area (Å²) in [6.45, 7) is 7.47. The number of rotatable bonds is 5. The van der Waals surface area contributed by atoms with Gasteiger partial charge in [0.1, 0.15) is 0 Å². The molecule has 0 spiro atoms. The summed E-state index contributed by atoms with van der Waals surface area (Å²) in [5.41, 5.74) is 0. The smallest absolute Gasteiger partial charge is 0.225 e. The Morgan fingerprint density at radius 1 is 1.22 bits per heavy atom. The molecule has 5 nitrogen and oxygen atoms in total. The van der Waals surface area contributed by atoms with Crippen molar-refractivity contribution in [2.24, 2.45) is 11.8 Å². The van der Waals surface area contributed by atoms with E-state index in [1.807, 2.05) is 4.90 Å². The summed E-state index contributed by atoms with van der Waals surface area (Å²) in [6, 6.07) is 0.230. The normalized spacial score (nSPS) is 23.7. The van der Waals surface area contributed by atoms with Gasteiger partial charge in [-0.05, 0) is 52.1 Å². The van der Waals surface area contributed by atoms with Crippen LogP contribution >= 0.6 is 12.4 Å². The quantitative estimate of drug-likeness (QED) is 0.800. The summed E-state index contributed by atoms with van der Waals surface area (Å²) >= 11 is 0. The molecule has 2 amide bonds. The Morgan fingerprint density at radius 2 is 1.91 bits per heavy atom. The van der Waals surface area contributed by atoms with Crippen LogP contribution in [0.4, 0.5) is 0 Å². The van der Waals surface area contributed by atoms with E-state index in [1.165, 1.54) is 0 Å². The highest BCUT2D eigenvalue weighted by molar-refractivity contribution is 5.85. The van der Waals surface area contributed by atoms with E-state index < -0.39 is 0 Å². The number of nitrogens with one attached hydrogen (secondary N) is 2. The lowest BCUT2D eigenvalue weighted by molar-refractivity contribution is -0.140. The third-order valence-corrected chi connectivity index (χ3v) is 4.90. The van der Waals surface area contributed by atoms with E-state index in [9.17, 15) is 9.59 Å². The zero-order valence-electron chi connectivity index (χ0n) is 14.5. The van der Waals surface area contributed by atoms with Crippen LogP contribution in [0.5, 0.6) is 0 Å². The number of piperidine rings is 2. The van der Waals surface area contributed by atoms with Gasteiger partial charge in [-0.15, -0.1) is 12.4 Å². The zero-order chi connectivity index (χ0) is 15.9. The fourth-order valence-corrected chi connectivity index (χ4v) is 3.58. The number of nitrogens with zero attached hydrogens (tertiary/aromatic N) is 1. The molecule has 0 radical (unpaired) electrons. The van der Waals surface area contributed by atoms with Gasteiger partial charge in [-0.3, -0.25) is 9.59 Å². The van der Waals surface area contributed by atoms with Crippen LogP contribution in [0.25, 0.3) is 0 Å². The molecule has 0 aromatic rings. The number of carbonyl (C=O) groups is 2. The molecule has 23 heavy (non-hydrogen) atoms. The highest BCUT2D eigenvalue weighted by Crippen LogP contribution is 2.22. The van der Waals surface area contributed by atoms with Crippen molar-refractivity contribution in [2.45, 2.75) is 58.4 Å². The van der Waals surface area contributed by atoms with Crippen molar-refractivity contribution >= 4 is 24.2 Å². The topological polar surface area (TPSA) is 61.4 Å². The van der Waals surface area contributed by atoms with Crippen LogP contribution in [0.3, 0.4) is 0 Å². The third kappa shape index (κ3) is 5.96. The minimum absolute atomic E-state index is 0. The molecular weight excluding hydrogens is 314 g/mol. The first kappa shape index (κ1) is 20.2. The Kier molecular flexibility index (Phi) is 8.92. The second kappa shape index (κ2) is 10.1. The lowest BCUT2D eigenvalue weighted by Gasteiger charge is -2.35. The van der Waals surface area contributed by atoms with E-state index >= 15 is 0 Å². The van der Waals surface area contributed by atoms with Crippen molar-refractivity contribution in [3.8, 4) is 0 Å². The maximum absolute atomic E-state index is 12.6. The standard InChI is InChI=1S/C17H31N3O2.ClH/c1-3-5-13(2)19-16(21)15-6-4-11-20(12-15)17(22)14-7-9-18-10-8-14;/h13-15,18H,3-12H2,1-2H3,(H,19,21);1H. The van der Waals surface area contributed by atoms with Gasteiger partial charge in [-0.25, -0.2) is 0 Å². The highest BCUT2D eigenvalue weighted by Gasteiger charge is 2.32. The van der Waals surface area contributed by atoms with Gasteiger partial charge < -0.3 is 15.5 Å². The summed E-state index contributed by atoms with van der Waals surface area (Å²) in [7, 11) is 0. The van der Waals surface area contributed by atoms with E-state index in [2.05, 4.69) is 24.5 Å². The Labute approximate surface area is 146 Å². The summed E-state index contributed by atoms with van der Waals surface area (Å²) < 4.78 is 0. The number of halogens is 1. The molecule has 134 valence electrons. The molecular formula is C17H32ClN3O2. The molecule has 2 atom stereocenters. The number of hydrogen-bond donors (Lipinski definition) is 2. The first-order valence-corrected chi connectivity index (χ1v) is 8.91. The fourth-order valence-electron chi connectivity index (χ4n) is 3.58. The average Bonchev–Trinajstić information content (AvgIpc) is 2.55. The van der Waals surface area contributed by atoms with Gasteiger partial charge in [-0.2, -0.15) is 0 Å². The van der Waals surface area contributed by atoms with Gasteiger partial charge in [-0.1, -0.05) is 13.3 Å². The van der Waals surface area contributed by atoms with Crippen LogP contribution in [-0.2, 0) is 9.59 Å². The van der Waals surface area contributed by atoms with Crippen molar-refractivity contribution in [2.75, 3.05) is 26.2 Å². The Balaban J connectivity index is 0.00000264. The van der Waals surface area contributed by atoms with Gasteiger partial charge in [0, 0.05) is 25.0 Å². The molecule has 0 aromatic carbocycles. The molecule has 0 bridgehead atoms. The molecule has 0 aromatic heterocycles. The molecule has 0 saturated carbocycles. The molecule has 6 heteroatoms. The molecule has 2 unspecified atom stereocenters. The van der Waals surface area contributed by atoms with Crippen molar-refractivity contribution in [3.05, 3.63) is 0 Å². The molecule has 2 N–H and O–H groups in total. The molecule has 2 heterocycles. The largest absolute Gasteiger partial charge is 0.353 e. The number of carbonyl (C=O) groups excluding carboxylic acids is 2. The minimum Gasteiger partial charge on any atom is -0.353 e. The minimum atomic E-state index is -0.0290. The van der Waals surface area contributed by atoms with Crippen LogP contribution in [0.15, 0.2) is 0 Å². The van der Waals surface area contributed by atoms with Crippen LogP contribution in [-0.4, -0.2) is 48.9 Å². The summed E-state index contributed by atoms with van der Waals surface area (Å²) in [6.07, 6.45) is 5.79. The van der Waals surface area contributed by atoms with Crippen LogP contribution in [0, 0.1) is 11.8 Å². The van der Waals surface area contributed by atoms with Crippen LogP contribution in [0.2, 0.25) is 0 Å². The van der Waals surface area contributed by atoms with Crippen LogP contribution < -0.4 is 10.6 Å². The van der Waals surface area contributed by atoms with E-state index in [-0.39, 0.29) is 42.1 Å². The highest BCUT2D eigenvalue weighted by atomic mass is 35.5. The lowest BCUT2D eigenvalue weighted by Crippen LogP contribution is -2.49. The van der Waals surface area contributed by atoms with E-state index in [0.29, 0.717) is 6.54 Å². The second-order valence-electron chi connectivity index (χ2n) is 6.85. The summed E-state index contributed by atoms with van der Waals surface area (Å²) in [4.78, 5) is 26.9. The monoisotopic (exact) mass is 345 g/mol. The summed E-state index contributed by atoms with van der Waals surface area (Å²) in [5.74, 6) is 0.519. The second-order valence-corrected chi connectivity index (χ2v) is 6.85. The average molecular weight is 346 g/mol. The Bertz CT molecular complexity index is 386. The first-order chi connectivity index (χ1) is 10.6. The maximum atomic E-state index is 12.6. The molecule has 2 aliphatic heterocycles. The van der Waals surface area contributed by atoms with Crippen molar-refractivity contribution in [1.29, 1.82) is 0 Å². The SMILES string of the molecule is CCCC(C)NC(=O)C1CCCN(C(=O)C2CCNCC2)C1.Cl. The number of amides is 2. The predicted molar refractivity (Wildman–Crippen MR) is 94.7 cm³/mol. The van der Waals surface area contributed by atoms with Gasteiger partial charge in [0.05, 0.1) is 5.92 Å². The molecule has 2 saturated heterocycles. The van der Waals surface area contributed by atoms with Gasteiger partial charge in [0.15, 0.2) is 0 Å². The Hall–Kier alpha value is -0.810. The maximum Gasteiger partial charge on any atom is 0.225 e. The predicted octanol–water partition coefficient (Wildman–Crippen LogP) is 1.95. The number of hydrogen-bond acceptors (Lipinski definition) is 3. The molecule has 2 rings (SSSR count). The Morgan fingerprint density at radius 3 is 2.57 bits per heavy atom. The molecule has 0 aliphatic carbocycles. The third-order valence-electron chi connectivity index (χ3n) is 4.90. The van der Waals surface area contributed by atoms with Gasteiger partial charge in [0.2, 0.25) is 11.8 Å². The van der Waals surface area contributed by atoms with Crippen LogP contribution in [0.1, 0.15) is 52.4 Å². The first-order valence-electron chi connectivity index (χ1n) is 8.91. The van der Waals surface area contributed by atoms with Gasteiger partial charge >= 0.3 is 0 Å². The van der Waals surface area contributed by atoms with E-state index in [0.717, 1.165) is 58.2 Å². The van der Waals surface area contributed by atoms with Crippen molar-refractivity contribution in [1.82, 2.24) is 15.5 Å². The van der Waals surface area contributed by atoms with Crippen molar-refractivity contribution in [3.63, 3.8) is 0 Å². The summed E-state index contributed by atoms with van der Waals surface area (Å²) in [5, 5.41) is 6.40. The molecule has 2 aliphatic rings. The van der Waals surface area contributed by atoms with E-state index in [4.69, 9.17) is 0 Å². The molecule has 2 fully saturated rings. The van der Waals surface area contributed by atoms with E-state index in [1.54, 1.807) is 0 Å². The van der Waals surface area contributed by atoms with Crippen molar-refractivity contribution < 1.29 is 9.59 Å². The fraction of sp³-hybridized carbons (Fsp3) is 0.882. The van der Waals surface area contributed by atoms with Gasteiger partial charge in [0.25, 0.3) is 0 Å². The lowest BCUT2D eigenvalue weighted by atomic mass is 9.92. The zero-order valence-corrected chi connectivity index (χ0v) is 15.3. The number of likely N-dealkylation sites (tertiary alicyclic amines) is 1.